The van der Waals surface area contributed by atoms with Gasteiger partial charge in [-0.1, -0.05) is 6.92 Å². The number of nitrogens with zero attached hydrogens (tertiary/aromatic N) is 2. The minimum absolute atomic E-state index is 0.750. The molecule has 18 heavy (non-hydrogen) atoms. The predicted octanol–water partition coefficient (Wildman–Crippen LogP) is 2.23. The second-order valence-electron chi connectivity index (χ2n) is 4.81. The van der Waals surface area contributed by atoms with E-state index in [0.717, 1.165) is 24.0 Å². The van der Waals surface area contributed by atoms with Crippen molar-refractivity contribution < 1.29 is 4.74 Å². The standard InChI is InChI=1S/C14H23N3O/c1-3-17-9-6-12(7-10-17)11-16-14-13(18-2)5-4-8-15-14/h4-5,8,12H,3,6-7,9-11H2,1-2H3,(H,15,16). The van der Waals surface area contributed by atoms with Crippen LogP contribution in [0.15, 0.2) is 18.3 Å². The SMILES string of the molecule is CCN1CCC(CNc2ncccc2OC)CC1. The van der Waals surface area contributed by atoms with Gasteiger partial charge in [0, 0.05) is 12.7 Å². The van der Waals surface area contributed by atoms with E-state index in [1.54, 1.807) is 13.3 Å². The number of anilines is 1. The third-order valence-electron chi connectivity index (χ3n) is 3.70. The van der Waals surface area contributed by atoms with Gasteiger partial charge in [0.1, 0.15) is 0 Å². The van der Waals surface area contributed by atoms with Crippen molar-refractivity contribution in [3.05, 3.63) is 18.3 Å². The van der Waals surface area contributed by atoms with Crippen LogP contribution in [0.5, 0.6) is 5.75 Å². The number of hydrogen-bond donors (Lipinski definition) is 1. The van der Waals surface area contributed by atoms with Gasteiger partial charge in [-0.05, 0) is 50.5 Å². The molecule has 1 aromatic heterocycles. The fourth-order valence-electron chi connectivity index (χ4n) is 2.44. The fourth-order valence-corrected chi connectivity index (χ4v) is 2.44. The average Bonchev–Trinajstić information content (AvgIpc) is 2.46. The maximum atomic E-state index is 5.29. The molecule has 4 nitrogen and oxygen atoms in total. The van der Waals surface area contributed by atoms with Crippen LogP contribution in [0.4, 0.5) is 5.82 Å². The molecule has 1 aromatic rings. The van der Waals surface area contributed by atoms with Gasteiger partial charge in [0.2, 0.25) is 0 Å². The Morgan fingerprint density at radius 3 is 2.89 bits per heavy atom. The molecule has 1 aliphatic heterocycles. The zero-order chi connectivity index (χ0) is 12.8. The lowest BCUT2D eigenvalue weighted by atomic mass is 9.97. The molecule has 0 aliphatic carbocycles. The molecule has 2 heterocycles. The Bertz CT molecular complexity index is 362. The number of hydrogen-bond acceptors (Lipinski definition) is 4. The molecule has 1 saturated heterocycles. The Hall–Kier alpha value is -1.29. The van der Waals surface area contributed by atoms with Crippen LogP contribution < -0.4 is 10.1 Å². The van der Waals surface area contributed by atoms with Crippen molar-refractivity contribution in [2.45, 2.75) is 19.8 Å². The van der Waals surface area contributed by atoms with Crippen LogP contribution >= 0.6 is 0 Å². The topological polar surface area (TPSA) is 37.4 Å². The van der Waals surface area contributed by atoms with Crippen LogP contribution in [0.25, 0.3) is 0 Å². The van der Waals surface area contributed by atoms with Crippen LogP contribution in [0.1, 0.15) is 19.8 Å². The molecule has 0 unspecified atom stereocenters. The molecule has 0 aromatic carbocycles. The number of aromatic nitrogens is 1. The van der Waals surface area contributed by atoms with Crippen molar-refractivity contribution in [3.63, 3.8) is 0 Å². The molecule has 2 rings (SSSR count). The summed E-state index contributed by atoms with van der Waals surface area (Å²) in [5, 5.41) is 3.41. The largest absolute Gasteiger partial charge is 0.493 e. The van der Waals surface area contributed by atoms with Crippen molar-refractivity contribution >= 4 is 5.82 Å². The minimum Gasteiger partial charge on any atom is -0.493 e. The Labute approximate surface area is 109 Å². The quantitative estimate of drug-likeness (QED) is 0.868. The zero-order valence-electron chi connectivity index (χ0n) is 11.4. The highest BCUT2D eigenvalue weighted by Crippen LogP contribution is 2.22. The number of methoxy groups -OCH3 is 1. The number of rotatable bonds is 5. The summed E-state index contributed by atoms with van der Waals surface area (Å²) in [6.07, 6.45) is 4.34. The average molecular weight is 249 g/mol. The van der Waals surface area contributed by atoms with Gasteiger partial charge in [-0.15, -0.1) is 0 Å². The van der Waals surface area contributed by atoms with Gasteiger partial charge >= 0.3 is 0 Å². The summed E-state index contributed by atoms with van der Waals surface area (Å²) in [5.41, 5.74) is 0. The van der Waals surface area contributed by atoms with E-state index < -0.39 is 0 Å². The lowest BCUT2D eigenvalue weighted by Crippen LogP contribution is -2.35. The van der Waals surface area contributed by atoms with Gasteiger partial charge in [0.15, 0.2) is 11.6 Å². The Balaban J connectivity index is 1.81. The molecular formula is C14H23N3O. The van der Waals surface area contributed by atoms with E-state index in [1.165, 1.54) is 32.5 Å². The van der Waals surface area contributed by atoms with Crippen LogP contribution in [-0.2, 0) is 0 Å². The van der Waals surface area contributed by atoms with Crippen LogP contribution in [0.2, 0.25) is 0 Å². The van der Waals surface area contributed by atoms with Gasteiger partial charge in [-0.3, -0.25) is 0 Å². The number of likely N-dealkylation sites (tertiary alicyclic amines) is 1. The van der Waals surface area contributed by atoms with Crippen LogP contribution in [0, 0.1) is 5.92 Å². The van der Waals surface area contributed by atoms with Crippen molar-refractivity contribution in [1.82, 2.24) is 9.88 Å². The molecule has 0 radical (unpaired) electrons. The molecule has 100 valence electrons. The van der Waals surface area contributed by atoms with E-state index in [-0.39, 0.29) is 0 Å². The molecule has 1 aliphatic rings. The Morgan fingerprint density at radius 2 is 2.22 bits per heavy atom. The summed E-state index contributed by atoms with van der Waals surface area (Å²) >= 11 is 0. The van der Waals surface area contributed by atoms with Gasteiger partial charge in [0.25, 0.3) is 0 Å². The molecule has 0 saturated carbocycles. The van der Waals surface area contributed by atoms with Gasteiger partial charge in [-0.2, -0.15) is 0 Å². The predicted molar refractivity (Wildman–Crippen MR) is 74.1 cm³/mol. The van der Waals surface area contributed by atoms with Gasteiger partial charge in [0.05, 0.1) is 7.11 Å². The molecule has 0 bridgehead atoms. The van der Waals surface area contributed by atoms with Crippen molar-refractivity contribution in [2.24, 2.45) is 5.92 Å². The van der Waals surface area contributed by atoms with E-state index in [9.17, 15) is 0 Å². The van der Waals surface area contributed by atoms with E-state index in [1.807, 2.05) is 12.1 Å². The maximum Gasteiger partial charge on any atom is 0.168 e. The number of nitrogens with one attached hydrogen (secondary N) is 1. The third kappa shape index (κ3) is 3.35. The molecule has 1 fully saturated rings. The minimum atomic E-state index is 0.750. The summed E-state index contributed by atoms with van der Waals surface area (Å²) in [5.74, 6) is 2.43. The first-order valence-corrected chi connectivity index (χ1v) is 6.78. The summed E-state index contributed by atoms with van der Waals surface area (Å²) in [7, 11) is 1.68. The zero-order valence-corrected chi connectivity index (χ0v) is 11.4. The Morgan fingerprint density at radius 1 is 1.44 bits per heavy atom. The first-order chi connectivity index (χ1) is 8.83. The lowest BCUT2D eigenvalue weighted by Gasteiger charge is -2.31. The molecule has 0 amide bonds. The molecular weight excluding hydrogens is 226 g/mol. The van der Waals surface area contributed by atoms with E-state index >= 15 is 0 Å². The smallest absolute Gasteiger partial charge is 0.168 e. The molecule has 0 atom stereocenters. The molecule has 4 heteroatoms. The number of piperidine rings is 1. The van der Waals surface area contributed by atoms with Crippen molar-refractivity contribution in [2.75, 3.05) is 38.6 Å². The second kappa shape index (κ2) is 6.59. The second-order valence-corrected chi connectivity index (χ2v) is 4.81. The van der Waals surface area contributed by atoms with Crippen LogP contribution in [-0.4, -0.2) is 43.2 Å². The lowest BCUT2D eigenvalue weighted by molar-refractivity contribution is 0.198. The highest BCUT2D eigenvalue weighted by Gasteiger charge is 2.18. The van der Waals surface area contributed by atoms with Crippen molar-refractivity contribution in [1.29, 1.82) is 0 Å². The number of pyridine rings is 1. The van der Waals surface area contributed by atoms with E-state index in [2.05, 4.69) is 22.1 Å². The summed E-state index contributed by atoms with van der Waals surface area (Å²) in [4.78, 5) is 6.83. The van der Waals surface area contributed by atoms with Crippen LogP contribution in [0.3, 0.4) is 0 Å². The summed E-state index contributed by atoms with van der Waals surface area (Å²) in [6.45, 7) is 6.85. The van der Waals surface area contributed by atoms with Crippen molar-refractivity contribution in [3.8, 4) is 5.75 Å². The molecule has 1 N–H and O–H groups in total. The fraction of sp³-hybridized carbons (Fsp3) is 0.643. The monoisotopic (exact) mass is 249 g/mol. The summed E-state index contributed by atoms with van der Waals surface area (Å²) in [6, 6.07) is 3.83. The summed E-state index contributed by atoms with van der Waals surface area (Å²) < 4.78 is 5.29. The Kier molecular flexibility index (Phi) is 4.81. The maximum absolute atomic E-state index is 5.29. The molecule has 0 spiro atoms. The van der Waals surface area contributed by atoms with Gasteiger partial charge < -0.3 is 15.0 Å². The van der Waals surface area contributed by atoms with E-state index in [0.29, 0.717) is 0 Å². The highest BCUT2D eigenvalue weighted by molar-refractivity contribution is 5.49. The normalized spacial score (nSPS) is 17.7. The third-order valence-corrected chi connectivity index (χ3v) is 3.70. The highest BCUT2D eigenvalue weighted by atomic mass is 16.5. The van der Waals surface area contributed by atoms with Gasteiger partial charge in [-0.25, -0.2) is 4.98 Å². The first kappa shape index (κ1) is 13.1. The number of ether oxygens (including phenoxy) is 1. The first-order valence-electron chi connectivity index (χ1n) is 6.78. The van der Waals surface area contributed by atoms with E-state index in [4.69, 9.17) is 4.74 Å².